The lowest BCUT2D eigenvalue weighted by Gasteiger charge is -2.33. The Morgan fingerprint density at radius 2 is 1.92 bits per heavy atom. The van der Waals surface area contributed by atoms with Crippen LogP contribution in [0.5, 0.6) is 0 Å². The molecule has 0 bridgehead atoms. The number of halogens is 2. The third-order valence-corrected chi connectivity index (χ3v) is 6.52. The molecule has 5 nitrogen and oxygen atoms in total. The Hall–Kier alpha value is -0.550. The van der Waals surface area contributed by atoms with E-state index < -0.39 is 7.67 Å². The molecule has 1 aliphatic heterocycles. The van der Waals surface area contributed by atoms with E-state index in [1.54, 1.807) is 4.67 Å². The van der Waals surface area contributed by atoms with E-state index in [1.165, 1.54) is 0 Å². The summed E-state index contributed by atoms with van der Waals surface area (Å²) >= 11 is 11.8. The molecule has 0 aromatic heterocycles. The number of nitrogens with zero attached hydrogens (tertiary/aromatic N) is 2. The standard InChI is InChI=1S/C17H26Cl2N3O2P/c1-21-11-7-17(8-12-21)24-25(23,22(13-9-18)14-10-19)20-15-16-5-3-2-4-6-16/h2-7H,8-15H2,1H3,(H,20,23). The summed E-state index contributed by atoms with van der Waals surface area (Å²) < 4.78 is 21.4. The molecule has 0 amide bonds. The number of rotatable bonds is 10. The molecule has 1 atom stereocenters. The summed E-state index contributed by atoms with van der Waals surface area (Å²) in [6, 6.07) is 9.84. The van der Waals surface area contributed by atoms with Gasteiger partial charge in [0.25, 0.3) is 0 Å². The van der Waals surface area contributed by atoms with Gasteiger partial charge >= 0.3 is 7.67 Å². The summed E-state index contributed by atoms with van der Waals surface area (Å²) in [5.41, 5.74) is 1.04. The van der Waals surface area contributed by atoms with Gasteiger partial charge in [-0.05, 0) is 18.7 Å². The van der Waals surface area contributed by atoms with Crippen LogP contribution in [0.15, 0.2) is 42.2 Å². The Morgan fingerprint density at radius 3 is 2.48 bits per heavy atom. The predicted octanol–water partition coefficient (Wildman–Crippen LogP) is 3.90. The highest BCUT2D eigenvalue weighted by Crippen LogP contribution is 2.49. The number of hydrogen-bond donors (Lipinski definition) is 1. The zero-order chi connectivity index (χ0) is 18.1. The first kappa shape index (κ1) is 20.8. The van der Waals surface area contributed by atoms with Gasteiger partial charge in [0, 0.05) is 50.9 Å². The average molecular weight is 406 g/mol. The van der Waals surface area contributed by atoms with E-state index in [1.807, 2.05) is 43.5 Å². The predicted molar refractivity (Wildman–Crippen MR) is 105 cm³/mol. The van der Waals surface area contributed by atoms with Crippen molar-refractivity contribution in [2.75, 3.05) is 45.0 Å². The molecule has 1 aromatic carbocycles. The van der Waals surface area contributed by atoms with Crippen molar-refractivity contribution in [3.05, 3.63) is 47.7 Å². The van der Waals surface area contributed by atoms with E-state index in [9.17, 15) is 4.57 Å². The summed E-state index contributed by atoms with van der Waals surface area (Å²) in [5, 5.41) is 3.13. The second-order valence-corrected chi connectivity index (χ2v) is 8.81. The molecule has 0 fully saturated rings. The molecule has 0 saturated carbocycles. The Bertz CT molecular complexity index is 595. The maximum atomic E-state index is 13.6. The van der Waals surface area contributed by atoms with Gasteiger partial charge in [0.05, 0.1) is 0 Å². The molecule has 0 saturated heterocycles. The van der Waals surface area contributed by atoms with E-state index in [2.05, 4.69) is 9.99 Å². The van der Waals surface area contributed by atoms with Crippen molar-refractivity contribution in [1.29, 1.82) is 0 Å². The number of alkyl halides is 2. The first-order valence-corrected chi connectivity index (χ1v) is 11.1. The highest BCUT2D eigenvalue weighted by atomic mass is 35.5. The molecular formula is C17H26Cl2N3O2P. The minimum atomic E-state index is -3.29. The smallest absolute Gasteiger partial charge is 0.393 e. The van der Waals surface area contributed by atoms with Crippen LogP contribution in [0.3, 0.4) is 0 Å². The lowest BCUT2D eigenvalue weighted by Crippen LogP contribution is -2.33. The topological polar surface area (TPSA) is 44.8 Å². The van der Waals surface area contributed by atoms with Crippen molar-refractivity contribution in [2.24, 2.45) is 0 Å². The normalized spacial score (nSPS) is 18.0. The first-order valence-electron chi connectivity index (χ1n) is 8.41. The first-order chi connectivity index (χ1) is 12.1. The second kappa shape index (κ2) is 10.6. The van der Waals surface area contributed by atoms with Gasteiger partial charge in [0.2, 0.25) is 0 Å². The maximum absolute atomic E-state index is 13.6. The fourth-order valence-electron chi connectivity index (χ4n) is 2.54. The quantitative estimate of drug-likeness (QED) is 0.472. The van der Waals surface area contributed by atoms with Crippen LogP contribution in [0.1, 0.15) is 12.0 Å². The fraction of sp³-hybridized carbons (Fsp3) is 0.529. The van der Waals surface area contributed by atoms with Crippen molar-refractivity contribution in [3.8, 4) is 0 Å². The van der Waals surface area contributed by atoms with Gasteiger partial charge in [-0.25, -0.2) is 14.3 Å². The van der Waals surface area contributed by atoms with Gasteiger partial charge in [0.1, 0.15) is 5.76 Å². The van der Waals surface area contributed by atoms with Gasteiger partial charge in [-0.2, -0.15) is 0 Å². The number of likely N-dealkylation sites (N-methyl/N-ethyl adjacent to an activating group) is 1. The van der Waals surface area contributed by atoms with E-state index in [0.29, 0.717) is 31.4 Å². The van der Waals surface area contributed by atoms with E-state index >= 15 is 0 Å². The lowest BCUT2D eigenvalue weighted by atomic mass is 10.2. The van der Waals surface area contributed by atoms with Crippen LogP contribution >= 0.6 is 30.9 Å². The Balaban J connectivity index is 2.15. The summed E-state index contributed by atoms with van der Waals surface area (Å²) in [4.78, 5) is 2.18. The average Bonchev–Trinajstić information content (AvgIpc) is 2.63. The molecule has 1 N–H and O–H groups in total. The van der Waals surface area contributed by atoms with Crippen molar-refractivity contribution in [2.45, 2.75) is 13.0 Å². The molecule has 1 aliphatic rings. The molecule has 1 heterocycles. The molecule has 0 spiro atoms. The molecule has 8 heteroatoms. The van der Waals surface area contributed by atoms with Gasteiger partial charge in [-0.3, -0.25) is 0 Å². The third-order valence-electron chi connectivity index (χ3n) is 3.99. The molecule has 0 aliphatic carbocycles. The van der Waals surface area contributed by atoms with Crippen LogP contribution < -0.4 is 5.09 Å². The zero-order valence-corrected chi connectivity index (χ0v) is 16.9. The largest absolute Gasteiger partial charge is 0.427 e. The highest BCUT2D eigenvalue weighted by molar-refractivity contribution is 7.54. The zero-order valence-electron chi connectivity index (χ0n) is 14.5. The lowest BCUT2D eigenvalue weighted by molar-refractivity contribution is 0.270. The summed E-state index contributed by atoms with van der Waals surface area (Å²) in [6.07, 6.45) is 2.73. The Labute approximate surface area is 160 Å². The Kier molecular flexibility index (Phi) is 8.77. The van der Waals surface area contributed by atoms with Crippen molar-refractivity contribution in [3.63, 3.8) is 0 Å². The van der Waals surface area contributed by atoms with Crippen LogP contribution in [0.2, 0.25) is 0 Å². The van der Waals surface area contributed by atoms with Crippen LogP contribution in [0.4, 0.5) is 0 Å². The minimum Gasteiger partial charge on any atom is -0.427 e. The monoisotopic (exact) mass is 405 g/mol. The molecule has 0 radical (unpaired) electrons. The fourth-order valence-corrected chi connectivity index (χ4v) is 5.16. The second-order valence-electron chi connectivity index (χ2n) is 5.95. The molecule has 2 rings (SSSR count). The van der Waals surface area contributed by atoms with Gasteiger partial charge in [0.15, 0.2) is 0 Å². The maximum Gasteiger partial charge on any atom is 0.393 e. The molecule has 140 valence electrons. The molecule has 1 aromatic rings. The van der Waals surface area contributed by atoms with Crippen molar-refractivity contribution < 1.29 is 9.09 Å². The van der Waals surface area contributed by atoms with E-state index in [-0.39, 0.29) is 0 Å². The highest BCUT2D eigenvalue weighted by Gasteiger charge is 2.33. The number of nitrogens with one attached hydrogen (secondary N) is 1. The summed E-state index contributed by atoms with van der Waals surface area (Å²) in [7, 11) is -1.24. The van der Waals surface area contributed by atoms with Crippen molar-refractivity contribution in [1.82, 2.24) is 14.7 Å². The molecular weight excluding hydrogens is 380 g/mol. The van der Waals surface area contributed by atoms with E-state index in [0.717, 1.165) is 30.8 Å². The van der Waals surface area contributed by atoms with Crippen LogP contribution in [0, 0.1) is 0 Å². The van der Waals surface area contributed by atoms with Crippen LogP contribution in [-0.4, -0.2) is 54.6 Å². The van der Waals surface area contributed by atoms with Gasteiger partial charge in [-0.15, -0.1) is 23.2 Å². The van der Waals surface area contributed by atoms with Gasteiger partial charge in [-0.1, -0.05) is 30.3 Å². The third kappa shape index (κ3) is 6.59. The van der Waals surface area contributed by atoms with Gasteiger partial charge < -0.3 is 9.42 Å². The Morgan fingerprint density at radius 1 is 1.24 bits per heavy atom. The molecule has 25 heavy (non-hydrogen) atoms. The molecule has 1 unspecified atom stereocenters. The minimum absolute atomic E-state index is 0.360. The van der Waals surface area contributed by atoms with E-state index in [4.69, 9.17) is 27.7 Å². The van der Waals surface area contributed by atoms with Crippen LogP contribution in [-0.2, 0) is 15.6 Å². The SMILES string of the molecule is CN1CC=C(OP(=O)(NCc2ccccc2)N(CCCl)CCCl)CC1. The van der Waals surface area contributed by atoms with Crippen molar-refractivity contribution >= 4 is 30.9 Å². The number of benzene rings is 1. The van der Waals surface area contributed by atoms with Crippen LogP contribution in [0.25, 0.3) is 0 Å². The summed E-state index contributed by atoms with van der Waals surface area (Å²) in [5.74, 6) is 1.48. The summed E-state index contributed by atoms with van der Waals surface area (Å²) in [6.45, 7) is 3.02. The number of hydrogen-bond acceptors (Lipinski definition) is 3.